The summed E-state index contributed by atoms with van der Waals surface area (Å²) in [5, 5.41) is 11.0. The van der Waals surface area contributed by atoms with Crippen molar-refractivity contribution in [2.45, 2.75) is 12.5 Å². The number of carbonyl (C=O) groups is 1. The molecule has 0 saturated carbocycles. The molecule has 0 fully saturated rings. The Morgan fingerprint density at radius 3 is 2.74 bits per heavy atom. The second-order valence-electron chi connectivity index (χ2n) is 4.92. The van der Waals surface area contributed by atoms with Crippen molar-refractivity contribution in [1.82, 2.24) is 20.4 Å². The predicted molar refractivity (Wildman–Crippen MR) is 95.4 cm³/mol. The van der Waals surface area contributed by atoms with Crippen LogP contribution in [-0.4, -0.2) is 29.3 Å². The highest BCUT2D eigenvalue weighted by Gasteiger charge is 2.19. The van der Waals surface area contributed by atoms with Crippen molar-refractivity contribution in [3.05, 3.63) is 51.8 Å². The third kappa shape index (κ3) is 5.11. The van der Waals surface area contributed by atoms with E-state index in [4.69, 9.17) is 23.2 Å². The van der Waals surface area contributed by atoms with Crippen LogP contribution >= 0.6 is 35.6 Å². The maximum Gasteiger partial charge on any atom is 0.241 e. The first-order chi connectivity index (χ1) is 10.5. The SMILES string of the molecule is CNC(C(=O)NCCc1cccc(Cl)c1Cl)c1cnn(C)c1.Cl. The second kappa shape index (κ2) is 9.13. The van der Waals surface area contributed by atoms with Gasteiger partial charge in [-0.3, -0.25) is 9.48 Å². The highest BCUT2D eigenvalue weighted by atomic mass is 35.5. The first-order valence-corrected chi connectivity index (χ1v) is 7.65. The van der Waals surface area contributed by atoms with E-state index in [1.807, 2.05) is 25.4 Å². The monoisotopic (exact) mass is 376 g/mol. The Labute approximate surface area is 151 Å². The Bertz CT molecular complexity index is 660. The zero-order valence-electron chi connectivity index (χ0n) is 12.8. The lowest BCUT2D eigenvalue weighted by Crippen LogP contribution is -2.36. The molecule has 0 radical (unpaired) electrons. The molecule has 1 atom stereocenters. The van der Waals surface area contributed by atoms with Crippen molar-refractivity contribution in [3.63, 3.8) is 0 Å². The summed E-state index contributed by atoms with van der Waals surface area (Å²) >= 11 is 12.1. The van der Waals surface area contributed by atoms with Crippen LogP contribution in [0.25, 0.3) is 0 Å². The molecule has 0 aliphatic heterocycles. The molecule has 126 valence electrons. The molecular weight excluding hydrogens is 359 g/mol. The van der Waals surface area contributed by atoms with Crippen LogP contribution in [0, 0.1) is 0 Å². The average Bonchev–Trinajstić information content (AvgIpc) is 2.90. The van der Waals surface area contributed by atoms with Crippen LogP contribution in [0.4, 0.5) is 0 Å². The van der Waals surface area contributed by atoms with E-state index in [0.717, 1.165) is 11.1 Å². The summed E-state index contributed by atoms with van der Waals surface area (Å²) in [7, 11) is 3.56. The molecule has 23 heavy (non-hydrogen) atoms. The third-order valence-electron chi connectivity index (χ3n) is 3.33. The van der Waals surface area contributed by atoms with E-state index in [-0.39, 0.29) is 18.3 Å². The van der Waals surface area contributed by atoms with Crippen LogP contribution in [-0.2, 0) is 18.3 Å². The maximum absolute atomic E-state index is 12.3. The zero-order valence-corrected chi connectivity index (χ0v) is 15.2. The van der Waals surface area contributed by atoms with Crippen molar-refractivity contribution in [3.8, 4) is 0 Å². The first-order valence-electron chi connectivity index (χ1n) is 6.89. The van der Waals surface area contributed by atoms with Crippen molar-refractivity contribution < 1.29 is 4.79 Å². The average molecular weight is 378 g/mol. The Morgan fingerprint density at radius 2 is 2.13 bits per heavy atom. The second-order valence-corrected chi connectivity index (χ2v) is 5.71. The molecule has 1 heterocycles. The number of hydrogen-bond acceptors (Lipinski definition) is 3. The first kappa shape index (κ1) is 19.8. The third-order valence-corrected chi connectivity index (χ3v) is 4.19. The summed E-state index contributed by atoms with van der Waals surface area (Å²) in [5.41, 5.74) is 1.74. The molecule has 2 N–H and O–H groups in total. The minimum Gasteiger partial charge on any atom is -0.354 e. The van der Waals surface area contributed by atoms with Crippen molar-refractivity contribution in [2.24, 2.45) is 7.05 Å². The van der Waals surface area contributed by atoms with Gasteiger partial charge in [0.15, 0.2) is 0 Å². The van der Waals surface area contributed by atoms with Gasteiger partial charge >= 0.3 is 0 Å². The lowest BCUT2D eigenvalue weighted by atomic mass is 10.1. The number of nitrogens with one attached hydrogen (secondary N) is 2. The van der Waals surface area contributed by atoms with Gasteiger partial charge in [0, 0.05) is 25.4 Å². The summed E-state index contributed by atoms with van der Waals surface area (Å²) < 4.78 is 1.67. The van der Waals surface area contributed by atoms with Gasteiger partial charge in [-0.15, -0.1) is 12.4 Å². The zero-order chi connectivity index (χ0) is 16.1. The van der Waals surface area contributed by atoms with Crippen LogP contribution in [0.1, 0.15) is 17.2 Å². The Hall–Kier alpha value is -1.27. The fourth-order valence-electron chi connectivity index (χ4n) is 2.20. The van der Waals surface area contributed by atoms with Gasteiger partial charge < -0.3 is 10.6 Å². The van der Waals surface area contributed by atoms with Gasteiger partial charge in [0.2, 0.25) is 5.91 Å². The number of aromatic nitrogens is 2. The van der Waals surface area contributed by atoms with Crippen LogP contribution in [0.15, 0.2) is 30.6 Å². The highest BCUT2D eigenvalue weighted by Crippen LogP contribution is 2.25. The Morgan fingerprint density at radius 1 is 1.39 bits per heavy atom. The molecule has 0 bridgehead atoms. The van der Waals surface area contributed by atoms with Gasteiger partial charge in [-0.05, 0) is 25.1 Å². The molecule has 8 heteroatoms. The topological polar surface area (TPSA) is 59.0 Å². The predicted octanol–water partition coefficient (Wildman–Crippen LogP) is 2.77. The molecule has 1 amide bonds. The molecule has 0 spiro atoms. The largest absolute Gasteiger partial charge is 0.354 e. The molecule has 0 aliphatic rings. The van der Waals surface area contributed by atoms with Gasteiger partial charge in [-0.2, -0.15) is 5.10 Å². The molecule has 0 saturated heterocycles. The quantitative estimate of drug-likeness (QED) is 0.814. The normalized spacial score (nSPS) is 11.7. The molecule has 2 rings (SSSR count). The number of rotatable bonds is 6. The molecule has 1 aromatic carbocycles. The minimum absolute atomic E-state index is 0. The van der Waals surface area contributed by atoms with Gasteiger partial charge in [0.05, 0.1) is 16.2 Å². The van der Waals surface area contributed by atoms with E-state index >= 15 is 0 Å². The minimum atomic E-state index is -0.427. The van der Waals surface area contributed by atoms with Crippen LogP contribution in [0.5, 0.6) is 0 Å². The van der Waals surface area contributed by atoms with E-state index in [2.05, 4.69) is 15.7 Å². The van der Waals surface area contributed by atoms with Crippen molar-refractivity contribution >= 4 is 41.5 Å². The fourth-order valence-corrected chi connectivity index (χ4v) is 2.62. The smallest absolute Gasteiger partial charge is 0.241 e. The molecule has 5 nitrogen and oxygen atoms in total. The molecule has 0 aliphatic carbocycles. The molecule has 1 aromatic heterocycles. The van der Waals surface area contributed by atoms with E-state index < -0.39 is 6.04 Å². The standard InChI is InChI=1S/C15H18Cl2N4O.ClH/c1-18-14(11-8-20-21(2)9-11)15(22)19-7-6-10-4-3-5-12(16)13(10)17;/h3-5,8-9,14,18H,6-7H2,1-2H3,(H,19,22);1H. The summed E-state index contributed by atoms with van der Waals surface area (Å²) in [6.07, 6.45) is 4.11. The molecular formula is C15H19Cl3N4O. The molecule has 2 aromatic rings. The summed E-state index contributed by atoms with van der Waals surface area (Å²) in [5.74, 6) is -0.103. The number of hydrogen-bond donors (Lipinski definition) is 2. The van der Waals surface area contributed by atoms with E-state index in [9.17, 15) is 4.79 Å². The van der Waals surface area contributed by atoms with Gasteiger partial charge in [0.25, 0.3) is 0 Å². The van der Waals surface area contributed by atoms with Crippen molar-refractivity contribution in [1.29, 1.82) is 0 Å². The van der Waals surface area contributed by atoms with Gasteiger partial charge in [0.1, 0.15) is 6.04 Å². The van der Waals surface area contributed by atoms with Crippen LogP contribution < -0.4 is 10.6 Å². The van der Waals surface area contributed by atoms with Crippen LogP contribution in [0.2, 0.25) is 10.0 Å². The summed E-state index contributed by atoms with van der Waals surface area (Å²) in [6, 6.07) is 5.06. The number of halogens is 3. The fraction of sp³-hybridized carbons (Fsp3) is 0.333. The number of aryl methyl sites for hydroxylation is 1. The summed E-state index contributed by atoms with van der Waals surface area (Å²) in [6.45, 7) is 0.483. The molecule has 1 unspecified atom stereocenters. The Balaban J connectivity index is 0.00000264. The van der Waals surface area contributed by atoms with E-state index in [1.165, 1.54) is 0 Å². The highest BCUT2D eigenvalue weighted by molar-refractivity contribution is 6.42. The maximum atomic E-state index is 12.3. The number of likely N-dealkylation sites (N-methyl/N-ethyl adjacent to an activating group) is 1. The number of amides is 1. The van der Waals surface area contributed by atoms with Crippen LogP contribution in [0.3, 0.4) is 0 Å². The van der Waals surface area contributed by atoms with Gasteiger partial charge in [-0.25, -0.2) is 0 Å². The van der Waals surface area contributed by atoms with Crippen molar-refractivity contribution in [2.75, 3.05) is 13.6 Å². The van der Waals surface area contributed by atoms with Gasteiger partial charge in [-0.1, -0.05) is 35.3 Å². The number of carbonyl (C=O) groups excluding carboxylic acids is 1. The van der Waals surface area contributed by atoms with E-state index in [0.29, 0.717) is 23.0 Å². The lowest BCUT2D eigenvalue weighted by molar-refractivity contribution is -0.123. The Kier molecular flexibility index (Phi) is 7.85. The van der Waals surface area contributed by atoms with E-state index in [1.54, 1.807) is 24.0 Å². The number of nitrogens with zero attached hydrogens (tertiary/aromatic N) is 2. The number of benzene rings is 1. The summed E-state index contributed by atoms with van der Waals surface area (Å²) in [4.78, 5) is 12.3. The lowest BCUT2D eigenvalue weighted by Gasteiger charge is -2.15.